The first kappa shape index (κ1) is 23.3. The van der Waals surface area contributed by atoms with Crippen molar-refractivity contribution in [3.05, 3.63) is 87.4 Å². The summed E-state index contributed by atoms with van der Waals surface area (Å²) in [6, 6.07) is 18.8. The maximum Gasteiger partial charge on any atom is 0.271 e. The summed E-state index contributed by atoms with van der Waals surface area (Å²) in [7, 11) is 1.53. The molecule has 0 aliphatic carbocycles. The summed E-state index contributed by atoms with van der Waals surface area (Å²) < 4.78 is 11.3. The summed E-state index contributed by atoms with van der Waals surface area (Å²) >= 11 is 9.24. The van der Waals surface area contributed by atoms with Gasteiger partial charge in [0.1, 0.15) is 11.5 Å². The lowest BCUT2D eigenvalue weighted by molar-refractivity contribution is -0.118. The third-order valence-corrected chi connectivity index (χ3v) is 5.03. The van der Waals surface area contributed by atoms with Crippen molar-refractivity contribution in [2.24, 2.45) is 5.10 Å². The molecular weight excluding hydrogens is 498 g/mol. The van der Waals surface area contributed by atoms with Crippen LogP contribution < -0.4 is 20.2 Å². The minimum absolute atomic E-state index is 0.161. The molecule has 0 heterocycles. The van der Waals surface area contributed by atoms with Gasteiger partial charge in [0.05, 0.1) is 17.8 Å². The number of nitrogens with zero attached hydrogens (tertiary/aromatic N) is 1. The zero-order valence-electron chi connectivity index (χ0n) is 17.0. The van der Waals surface area contributed by atoms with E-state index in [4.69, 9.17) is 21.1 Å². The van der Waals surface area contributed by atoms with Gasteiger partial charge in [-0.1, -0.05) is 17.7 Å². The van der Waals surface area contributed by atoms with Gasteiger partial charge in [-0.3, -0.25) is 9.59 Å². The van der Waals surface area contributed by atoms with Gasteiger partial charge in [0.15, 0.2) is 6.61 Å². The van der Waals surface area contributed by atoms with Crippen LogP contribution in [0.25, 0.3) is 0 Å². The van der Waals surface area contributed by atoms with Gasteiger partial charge in [-0.05, 0) is 82.2 Å². The van der Waals surface area contributed by atoms with E-state index in [-0.39, 0.29) is 18.4 Å². The van der Waals surface area contributed by atoms with Gasteiger partial charge in [0, 0.05) is 16.3 Å². The molecule has 0 aliphatic heterocycles. The zero-order chi connectivity index (χ0) is 22.9. The standard InChI is InChI=1S/C23H19BrClN3O4/c1-31-19-4-2-3-16(12-19)23(30)28-26-13-15-5-10-21(20(24)11-15)32-14-22(29)27-18-8-6-17(25)7-9-18/h2-13H,14H2,1H3,(H,27,29)(H,28,30)/b26-13+. The Bertz CT molecular complexity index is 1140. The molecule has 0 bridgehead atoms. The van der Waals surface area contributed by atoms with Crippen LogP contribution in [0.1, 0.15) is 15.9 Å². The van der Waals surface area contributed by atoms with Crippen molar-refractivity contribution >= 4 is 51.2 Å². The quantitative estimate of drug-likeness (QED) is 0.329. The molecule has 2 N–H and O–H groups in total. The minimum atomic E-state index is -0.356. The number of carbonyl (C=O) groups excluding carboxylic acids is 2. The number of rotatable bonds is 8. The van der Waals surface area contributed by atoms with E-state index in [1.54, 1.807) is 66.7 Å². The third kappa shape index (κ3) is 6.83. The maximum atomic E-state index is 12.2. The lowest BCUT2D eigenvalue weighted by Gasteiger charge is -2.09. The smallest absolute Gasteiger partial charge is 0.271 e. The number of carbonyl (C=O) groups is 2. The predicted molar refractivity (Wildman–Crippen MR) is 128 cm³/mol. The van der Waals surface area contributed by atoms with Gasteiger partial charge in [-0.2, -0.15) is 5.10 Å². The van der Waals surface area contributed by atoms with Crippen molar-refractivity contribution in [2.45, 2.75) is 0 Å². The predicted octanol–water partition coefficient (Wildman–Crippen LogP) is 4.89. The first-order valence-corrected chi connectivity index (χ1v) is 10.6. The Hall–Kier alpha value is -3.36. The van der Waals surface area contributed by atoms with Crippen molar-refractivity contribution in [1.29, 1.82) is 0 Å². The molecule has 32 heavy (non-hydrogen) atoms. The highest BCUT2D eigenvalue weighted by molar-refractivity contribution is 9.10. The van der Waals surface area contributed by atoms with Gasteiger partial charge < -0.3 is 14.8 Å². The molecule has 0 spiro atoms. The fraction of sp³-hybridized carbons (Fsp3) is 0.0870. The van der Waals surface area contributed by atoms with E-state index in [0.29, 0.717) is 32.2 Å². The second-order valence-corrected chi connectivity index (χ2v) is 7.76. The van der Waals surface area contributed by atoms with Gasteiger partial charge in [0.2, 0.25) is 0 Å². The van der Waals surface area contributed by atoms with E-state index in [1.807, 2.05) is 0 Å². The number of benzene rings is 3. The van der Waals surface area contributed by atoms with E-state index >= 15 is 0 Å². The van der Waals surface area contributed by atoms with Crippen LogP contribution in [-0.2, 0) is 4.79 Å². The Morgan fingerprint density at radius 1 is 1.09 bits per heavy atom. The van der Waals surface area contributed by atoms with E-state index in [2.05, 4.69) is 31.8 Å². The van der Waals surface area contributed by atoms with Crippen molar-refractivity contribution in [3.63, 3.8) is 0 Å². The normalized spacial score (nSPS) is 10.6. The lowest BCUT2D eigenvalue weighted by atomic mass is 10.2. The number of hydrazone groups is 1. The molecule has 3 aromatic rings. The summed E-state index contributed by atoms with van der Waals surface area (Å²) in [4.78, 5) is 24.2. The molecule has 0 radical (unpaired) electrons. The molecule has 3 aromatic carbocycles. The second kappa shape index (κ2) is 11.3. The van der Waals surface area contributed by atoms with Gasteiger partial charge >= 0.3 is 0 Å². The lowest BCUT2D eigenvalue weighted by Crippen LogP contribution is -2.20. The Morgan fingerprint density at radius 2 is 1.88 bits per heavy atom. The number of ether oxygens (including phenoxy) is 2. The monoisotopic (exact) mass is 515 g/mol. The largest absolute Gasteiger partial charge is 0.497 e. The molecule has 0 saturated heterocycles. The SMILES string of the molecule is COc1cccc(C(=O)N/N=C/c2ccc(OCC(=O)Nc3ccc(Cl)cc3)c(Br)c2)c1. The number of hydrogen-bond donors (Lipinski definition) is 2. The number of anilines is 1. The Balaban J connectivity index is 1.52. The van der Waals surface area contributed by atoms with Crippen molar-refractivity contribution < 1.29 is 19.1 Å². The van der Waals surface area contributed by atoms with Crippen LogP contribution in [-0.4, -0.2) is 31.7 Å². The summed E-state index contributed by atoms with van der Waals surface area (Å²) in [6.07, 6.45) is 1.50. The summed E-state index contributed by atoms with van der Waals surface area (Å²) in [6.45, 7) is -0.161. The molecule has 3 rings (SSSR count). The van der Waals surface area contributed by atoms with Crippen LogP contribution in [0.4, 0.5) is 5.69 Å². The molecule has 7 nitrogen and oxygen atoms in total. The first-order valence-electron chi connectivity index (χ1n) is 9.40. The van der Waals surface area contributed by atoms with Crippen LogP contribution >= 0.6 is 27.5 Å². The third-order valence-electron chi connectivity index (χ3n) is 4.15. The number of amides is 2. The first-order chi connectivity index (χ1) is 15.4. The number of methoxy groups -OCH3 is 1. The summed E-state index contributed by atoms with van der Waals surface area (Å²) in [5.41, 5.74) is 4.25. The zero-order valence-corrected chi connectivity index (χ0v) is 19.3. The topological polar surface area (TPSA) is 89.0 Å². The van der Waals surface area contributed by atoms with E-state index in [0.717, 1.165) is 5.56 Å². The Labute approximate surface area is 198 Å². The summed E-state index contributed by atoms with van der Waals surface area (Å²) in [5, 5.41) is 7.28. The molecule has 0 aromatic heterocycles. The Kier molecular flexibility index (Phi) is 8.24. The van der Waals surface area contributed by atoms with Gasteiger partial charge in [-0.25, -0.2) is 5.43 Å². The van der Waals surface area contributed by atoms with E-state index < -0.39 is 0 Å². The molecule has 2 amide bonds. The molecule has 0 unspecified atom stereocenters. The van der Waals surface area contributed by atoms with Crippen molar-refractivity contribution in [2.75, 3.05) is 19.0 Å². The maximum absolute atomic E-state index is 12.2. The van der Waals surface area contributed by atoms with Crippen LogP contribution in [0.3, 0.4) is 0 Å². The second-order valence-electron chi connectivity index (χ2n) is 6.46. The molecule has 0 atom stereocenters. The fourth-order valence-corrected chi connectivity index (χ4v) is 3.22. The highest BCUT2D eigenvalue weighted by atomic mass is 79.9. The number of nitrogens with one attached hydrogen (secondary N) is 2. The minimum Gasteiger partial charge on any atom is -0.497 e. The van der Waals surface area contributed by atoms with Crippen LogP contribution in [0, 0.1) is 0 Å². The average Bonchev–Trinajstić information content (AvgIpc) is 2.80. The van der Waals surface area contributed by atoms with Crippen LogP contribution in [0.5, 0.6) is 11.5 Å². The highest BCUT2D eigenvalue weighted by Crippen LogP contribution is 2.25. The molecule has 9 heteroatoms. The molecule has 164 valence electrons. The van der Waals surface area contributed by atoms with Crippen LogP contribution in [0.15, 0.2) is 76.3 Å². The van der Waals surface area contributed by atoms with Gasteiger partial charge in [0.25, 0.3) is 11.8 Å². The average molecular weight is 517 g/mol. The van der Waals surface area contributed by atoms with Crippen molar-refractivity contribution in [3.8, 4) is 11.5 Å². The molecule has 0 saturated carbocycles. The van der Waals surface area contributed by atoms with Gasteiger partial charge in [-0.15, -0.1) is 0 Å². The fourth-order valence-electron chi connectivity index (χ4n) is 2.58. The molecular formula is C23H19BrClN3O4. The molecule has 0 fully saturated rings. The number of halogens is 2. The number of hydrogen-bond acceptors (Lipinski definition) is 5. The molecule has 0 aliphatic rings. The Morgan fingerprint density at radius 3 is 2.59 bits per heavy atom. The van der Waals surface area contributed by atoms with Crippen LogP contribution in [0.2, 0.25) is 5.02 Å². The summed E-state index contributed by atoms with van der Waals surface area (Å²) in [5.74, 6) is 0.424. The highest BCUT2D eigenvalue weighted by Gasteiger charge is 2.08. The van der Waals surface area contributed by atoms with E-state index in [9.17, 15) is 9.59 Å². The van der Waals surface area contributed by atoms with E-state index in [1.165, 1.54) is 13.3 Å². The van der Waals surface area contributed by atoms with Crippen molar-refractivity contribution in [1.82, 2.24) is 5.43 Å².